The molecule has 1 aromatic rings. The molecule has 1 aromatic carbocycles. The fourth-order valence-electron chi connectivity index (χ4n) is 2.78. The van der Waals surface area contributed by atoms with Gasteiger partial charge in [0.1, 0.15) is 5.60 Å². The number of hydrogen-bond acceptors (Lipinski definition) is 3. The maximum Gasteiger partial charge on any atom is 0.264 e. The van der Waals surface area contributed by atoms with Crippen LogP contribution < -0.4 is 0 Å². The maximum atomic E-state index is 13.1. The van der Waals surface area contributed by atoms with E-state index in [0.717, 1.165) is 27.7 Å². The van der Waals surface area contributed by atoms with E-state index in [1.54, 1.807) is 38.1 Å². The van der Waals surface area contributed by atoms with E-state index in [4.69, 9.17) is 0 Å². The molecular weight excluding hydrogens is 425 g/mol. The Bertz CT molecular complexity index is 708. The molecule has 0 radical (unpaired) electrons. The zero-order chi connectivity index (χ0) is 17.4. The smallest absolute Gasteiger partial charge is 0.264 e. The molecule has 0 aliphatic carbocycles. The lowest BCUT2D eigenvalue weighted by atomic mass is 10.0. The van der Waals surface area contributed by atoms with Gasteiger partial charge in [0.25, 0.3) is 10.0 Å². The number of halogens is 1. The fraction of sp³-hybridized carbons (Fsp3) is 0.529. The number of hydrogen-bond donors (Lipinski definition) is 1. The number of rotatable bonds is 5. The number of aliphatic hydroxyl groups is 1. The first-order chi connectivity index (χ1) is 10.6. The Morgan fingerprint density at radius 2 is 1.87 bits per heavy atom. The Morgan fingerprint density at radius 1 is 1.30 bits per heavy atom. The van der Waals surface area contributed by atoms with Crippen molar-refractivity contribution in [2.75, 3.05) is 0 Å². The van der Waals surface area contributed by atoms with E-state index in [1.807, 2.05) is 6.92 Å². The molecule has 0 bridgehead atoms. The summed E-state index contributed by atoms with van der Waals surface area (Å²) in [4.78, 5) is 0.269. The first-order valence-electron chi connectivity index (χ1n) is 7.86. The van der Waals surface area contributed by atoms with Gasteiger partial charge >= 0.3 is 0 Å². The molecule has 0 spiro atoms. The van der Waals surface area contributed by atoms with Crippen molar-refractivity contribution in [2.24, 2.45) is 0 Å². The molecule has 0 amide bonds. The summed E-state index contributed by atoms with van der Waals surface area (Å²) < 4.78 is 28.4. The molecule has 2 rings (SSSR count). The van der Waals surface area contributed by atoms with Crippen molar-refractivity contribution >= 4 is 32.6 Å². The molecule has 2 unspecified atom stereocenters. The highest BCUT2D eigenvalue weighted by molar-refractivity contribution is 14.1. The van der Waals surface area contributed by atoms with E-state index >= 15 is 0 Å². The zero-order valence-electron chi connectivity index (χ0n) is 14.0. The standard InChI is InChI=1S/C17H24INO3S/c1-5-6-7-15-16(18)17(4,20)13(3)19(15)23(21,22)14-10-8-12(2)9-11-14/h8-11,13,20H,5-7H2,1-4H3. The van der Waals surface area contributed by atoms with Crippen LogP contribution in [0, 0.1) is 6.92 Å². The molecule has 1 heterocycles. The van der Waals surface area contributed by atoms with E-state index in [1.165, 1.54) is 4.31 Å². The second-order valence-electron chi connectivity index (χ2n) is 6.30. The molecule has 4 nitrogen and oxygen atoms in total. The van der Waals surface area contributed by atoms with Crippen LogP contribution in [0.15, 0.2) is 38.4 Å². The van der Waals surface area contributed by atoms with Crippen LogP contribution >= 0.6 is 22.6 Å². The highest BCUT2D eigenvalue weighted by Crippen LogP contribution is 2.45. The Hall–Kier alpha value is -0.600. The number of unbranched alkanes of at least 4 members (excludes halogenated alkanes) is 1. The van der Waals surface area contributed by atoms with Crippen molar-refractivity contribution in [2.45, 2.75) is 63.5 Å². The molecule has 128 valence electrons. The van der Waals surface area contributed by atoms with Gasteiger partial charge in [-0.1, -0.05) is 31.0 Å². The molecule has 0 saturated heterocycles. The maximum absolute atomic E-state index is 13.1. The first-order valence-corrected chi connectivity index (χ1v) is 10.4. The number of nitrogens with zero attached hydrogens (tertiary/aromatic N) is 1. The van der Waals surface area contributed by atoms with E-state index in [2.05, 4.69) is 29.5 Å². The number of benzene rings is 1. The summed E-state index contributed by atoms with van der Waals surface area (Å²) in [6, 6.07) is 6.34. The summed E-state index contributed by atoms with van der Waals surface area (Å²) in [6.45, 7) is 7.46. The lowest BCUT2D eigenvalue weighted by Gasteiger charge is -2.31. The van der Waals surface area contributed by atoms with Crippen LogP contribution in [0.2, 0.25) is 0 Å². The van der Waals surface area contributed by atoms with Crippen molar-refractivity contribution in [1.82, 2.24) is 4.31 Å². The Balaban J connectivity index is 2.52. The predicted octanol–water partition coefficient (Wildman–Crippen LogP) is 3.98. The molecule has 0 fully saturated rings. The first kappa shape index (κ1) is 18.7. The summed E-state index contributed by atoms with van der Waals surface area (Å²) in [7, 11) is -3.68. The normalized spacial score (nSPS) is 25.3. The quantitative estimate of drug-likeness (QED) is 0.693. The van der Waals surface area contributed by atoms with Gasteiger partial charge in [-0.25, -0.2) is 8.42 Å². The molecular formula is C17H24INO3S. The van der Waals surface area contributed by atoms with Crippen molar-refractivity contribution in [3.05, 3.63) is 39.1 Å². The van der Waals surface area contributed by atoms with Gasteiger partial charge < -0.3 is 5.11 Å². The monoisotopic (exact) mass is 449 g/mol. The average molecular weight is 449 g/mol. The SMILES string of the molecule is CCCCC1=C(I)C(C)(O)C(C)N1S(=O)(=O)c1ccc(C)cc1. The molecule has 1 N–H and O–H groups in total. The minimum absolute atomic E-state index is 0.269. The van der Waals surface area contributed by atoms with Crippen molar-refractivity contribution < 1.29 is 13.5 Å². The molecule has 0 aromatic heterocycles. The lowest BCUT2D eigenvalue weighted by molar-refractivity contribution is 0.0688. The van der Waals surface area contributed by atoms with Gasteiger partial charge in [0.2, 0.25) is 0 Å². The van der Waals surface area contributed by atoms with Crippen LogP contribution in [0.5, 0.6) is 0 Å². The van der Waals surface area contributed by atoms with E-state index in [-0.39, 0.29) is 4.90 Å². The lowest BCUT2D eigenvalue weighted by Crippen LogP contribution is -2.44. The summed E-state index contributed by atoms with van der Waals surface area (Å²) in [6.07, 6.45) is 2.52. The highest BCUT2D eigenvalue weighted by atomic mass is 127. The molecule has 1 aliphatic rings. The minimum atomic E-state index is -3.68. The largest absolute Gasteiger partial charge is 0.383 e. The Labute approximate surface area is 152 Å². The van der Waals surface area contributed by atoms with Gasteiger partial charge in [-0.15, -0.1) is 0 Å². The van der Waals surface area contributed by atoms with Crippen molar-refractivity contribution in [3.63, 3.8) is 0 Å². The van der Waals surface area contributed by atoms with Crippen LogP contribution in [-0.4, -0.2) is 29.5 Å². The number of allylic oxidation sites excluding steroid dienone is 1. The van der Waals surface area contributed by atoms with Gasteiger partial charge in [-0.05, 0) is 68.3 Å². The second-order valence-corrected chi connectivity index (χ2v) is 9.20. The van der Waals surface area contributed by atoms with Crippen LogP contribution in [0.25, 0.3) is 0 Å². The number of sulfonamides is 1. The summed E-state index contributed by atoms with van der Waals surface area (Å²) in [5, 5.41) is 10.8. The van der Waals surface area contributed by atoms with Crippen LogP contribution in [0.1, 0.15) is 45.6 Å². The fourth-order valence-corrected chi connectivity index (χ4v) is 5.72. The molecule has 23 heavy (non-hydrogen) atoms. The van der Waals surface area contributed by atoms with Crippen LogP contribution in [0.3, 0.4) is 0 Å². The third-order valence-corrected chi connectivity index (χ3v) is 8.11. The zero-order valence-corrected chi connectivity index (χ0v) is 17.0. The predicted molar refractivity (Wildman–Crippen MR) is 101 cm³/mol. The third kappa shape index (κ3) is 3.30. The van der Waals surface area contributed by atoms with Gasteiger partial charge in [0, 0.05) is 9.28 Å². The van der Waals surface area contributed by atoms with Crippen molar-refractivity contribution in [3.8, 4) is 0 Å². The minimum Gasteiger partial charge on any atom is -0.383 e. The topological polar surface area (TPSA) is 57.6 Å². The summed E-state index contributed by atoms with van der Waals surface area (Å²) in [5.74, 6) is 0. The Kier molecular flexibility index (Phi) is 5.48. The van der Waals surface area contributed by atoms with Crippen LogP contribution in [-0.2, 0) is 10.0 Å². The van der Waals surface area contributed by atoms with Gasteiger partial charge in [0.05, 0.1) is 10.9 Å². The van der Waals surface area contributed by atoms with E-state index in [0.29, 0.717) is 6.42 Å². The Morgan fingerprint density at radius 3 is 2.39 bits per heavy atom. The van der Waals surface area contributed by atoms with Gasteiger partial charge in [0.15, 0.2) is 0 Å². The van der Waals surface area contributed by atoms with Crippen LogP contribution in [0.4, 0.5) is 0 Å². The highest BCUT2D eigenvalue weighted by Gasteiger charge is 2.49. The average Bonchev–Trinajstić information content (AvgIpc) is 2.66. The molecule has 6 heteroatoms. The summed E-state index contributed by atoms with van der Waals surface area (Å²) >= 11 is 2.10. The van der Waals surface area contributed by atoms with Gasteiger partial charge in [-0.2, -0.15) is 0 Å². The van der Waals surface area contributed by atoms with Crippen molar-refractivity contribution in [1.29, 1.82) is 0 Å². The van der Waals surface area contributed by atoms with Gasteiger partial charge in [-0.3, -0.25) is 4.31 Å². The molecule has 1 aliphatic heterocycles. The molecule has 2 atom stereocenters. The summed E-state index contributed by atoms with van der Waals surface area (Å²) in [5.41, 5.74) is 0.591. The van der Waals surface area contributed by atoms with E-state index in [9.17, 15) is 13.5 Å². The third-order valence-electron chi connectivity index (χ3n) is 4.47. The van der Waals surface area contributed by atoms with E-state index < -0.39 is 21.7 Å². The number of aryl methyl sites for hydroxylation is 1. The molecule has 0 saturated carbocycles. The second kappa shape index (κ2) is 6.72.